The molecule has 0 atom stereocenters. The van der Waals surface area contributed by atoms with E-state index in [1.807, 2.05) is 25.1 Å². The molecule has 0 aliphatic carbocycles. The smallest absolute Gasteiger partial charge is 0.216 e. The van der Waals surface area contributed by atoms with Crippen molar-refractivity contribution in [1.29, 1.82) is 0 Å². The number of rotatable bonds is 5. The predicted molar refractivity (Wildman–Crippen MR) is 112 cm³/mol. The van der Waals surface area contributed by atoms with Crippen LogP contribution in [0.1, 0.15) is 32.0 Å². The van der Waals surface area contributed by atoms with Crippen LogP contribution >= 0.6 is 24.0 Å². The lowest BCUT2D eigenvalue weighted by molar-refractivity contribution is 0.216. The van der Waals surface area contributed by atoms with Gasteiger partial charge in [-0.25, -0.2) is 0 Å². The molecule has 2 heterocycles. The summed E-state index contributed by atoms with van der Waals surface area (Å²) >= 11 is 6.06. The van der Waals surface area contributed by atoms with Gasteiger partial charge in [-0.1, -0.05) is 17.7 Å². The molecule has 3 rings (SSSR count). The van der Waals surface area contributed by atoms with Gasteiger partial charge in [-0.3, -0.25) is 4.90 Å². The van der Waals surface area contributed by atoms with Crippen molar-refractivity contribution >= 4 is 29.7 Å². The number of halogens is 2. The molecule has 8 heteroatoms. The summed E-state index contributed by atoms with van der Waals surface area (Å²) in [5.74, 6) is 1.39. The largest absolute Gasteiger partial charge is 0.426 e. The average Bonchev–Trinajstić information content (AvgIpc) is 3.00. The van der Waals surface area contributed by atoms with Crippen molar-refractivity contribution in [3.05, 3.63) is 41.1 Å². The van der Waals surface area contributed by atoms with Crippen LogP contribution < -0.4 is 4.90 Å². The highest BCUT2D eigenvalue weighted by molar-refractivity contribution is 6.30. The molecule has 0 unspecified atom stereocenters. The van der Waals surface area contributed by atoms with E-state index in [0.29, 0.717) is 5.89 Å². The topological polar surface area (TPSA) is 65.6 Å². The van der Waals surface area contributed by atoms with Gasteiger partial charge in [0, 0.05) is 56.3 Å². The average molecular weight is 417 g/mol. The number of aromatic nitrogens is 2. The van der Waals surface area contributed by atoms with E-state index in [1.54, 1.807) is 13.8 Å². The molecule has 27 heavy (non-hydrogen) atoms. The number of aliphatic hydroxyl groups excluding tert-OH is 1. The van der Waals surface area contributed by atoms with Crippen LogP contribution in [0.15, 0.2) is 28.7 Å². The van der Waals surface area contributed by atoms with Crippen molar-refractivity contribution in [3.63, 3.8) is 0 Å². The number of aliphatic hydroxyl groups is 1. The zero-order chi connectivity index (χ0) is 18.9. The van der Waals surface area contributed by atoms with Gasteiger partial charge in [0.1, 0.15) is 0 Å². The minimum atomic E-state index is -0.167. The fourth-order valence-electron chi connectivity index (χ4n) is 2.79. The van der Waals surface area contributed by atoms with Gasteiger partial charge >= 0.3 is 0 Å². The highest BCUT2D eigenvalue weighted by Gasteiger charge is 2.17. The van der Waals surface area contributed by atoms with E-state index in [1.165, 1.54) is 5.69 Å². The number of piperazine rings is 1. The quantitative estimate of drug-likeness (QED) is 0.802. The van der Waals surface area contributed by atoms with Crippen LogP contribution in [0.5, 0.6) is 0 Å². The van der Waals surface area contributed by atoms with Crippen LogP contribution in [-0.4, -0.2) is 59.0 Å². The van der Waals surface area contributed by atoms with Crippen LogP contribution in [0.3, 0.4) is 0 Å². The molecule has 0 radical (unpaired) electrons. The van der Waals surface area contributed by atoms with Crippen LogP contribution in [0.2, 0.25) is 5.02 Å². The number of hydrogen-bond donors (Lipinski definition) is 1. The van der Waals surface area contributed by atoms with Gasteiger partial charge in [0.15, 0.2) is 0 Å². The minimum absolute atomic E-state index is 0. The van der Waals surface area contributed by atoms with Crippen molar-refractivity contribution in [1.82, 2.24) is 15.1 Å². The third-order valence-electron chi connectivity index (χ3n) is 3.98. The zero-order valence-corrected chi connectivity index (χ0v) is 17.8. The van der Waals surface area contributed by atoms with Crippen molar-refractivity contribution in [2.45, 2.75) is 39.7 Å². The number of benzene rings is 1. The Kier molecular flexibility index (Phi) is 10.7. The lowest BCUT2D eigenvalue weighted by Crippen LogP contribution is -2.46. The summed E-state index contributed by atoms with van der Waals surface area (Å²) in [5.41, 5.74) is 1.22. The maximum atomic E-state index is 8.06. The summed E-state index contributed by atoms with van der Waals surface area (Å²) in [6.07, 6.45) is 1.74. The molecule has 1 N–H and O–H groups in total. The summed E-state index contributed by atoms with van der Waals surface area (Å²) in [6, 6.07) is 8.09. The summed E-state index contributed by atoms with van der Waals surface area (Å²) in [6.45, 7) is 10.6. The summed E-state index contributed by atoms with van der Waals surface area (Å²) in [4.78, 5) is 4.88. The summed E-state index contributed by atoms with van der Waals surface area (Å²) in [5, 5.41) is 16.7. The third kappa shape index (κ3) is 8.93. The van der Waals surface area contributed by atoms with Crippen LogP contribution in [-0.2, 0) is 6.42 Å². The molecular formula is C19H30Cl2N4O2. The Balaban J connectivity index is 0.000000666. The van der Waals surface area contributed by atoms with E-state index in [0.717, 1.165) is 56.5 Å². The van der Waals surface area contributed by atoms with Gasteiger partial charge in [0.2, 0.25) is 11.8 Å². The molecule has 1 fully saturated rings. The van der Waals surface area contributed by atoms with Gasteiger partial charge in [-0.2, -0.15) is 0 Å². The predicted octanol–water partition coefficient (Wildman–Crippen LogP) is 3.60. The summed E-state index contributed by atoms with van der Waals surface area (Å²) in [7, 11) is 0. The third-order valence-corrected chi connectivity index (χ3v) is 4.21. The minimum Gasteiger partial charge on any atom is -0.426 e. The van der Waals surface area contributed by atoms with Crippen molar-refractivity contribution in [3.8, 4) is 0 Å². The standard InChI is InChI=1S/C16H21ClN4O.C3H8O.ClH/c1-13-18-19-16(22-13)6-3-7-20-8-10-21(11-9-20)15-5-2-4-14(17)12-15;1-3(2)4;/h2,4-5,12H,3,6-11H2,1H3;3-4H,1-2H3;1H. The van der Waals surface area contributed by atoms with Crippen molar-refractivity contribution < 1.29 is 9.52 Å². The summed E-state index contributed by atoms with van der Waals surface area (Å²) < 4.78 is 5.40. The first-order valence-corrected chi connectivity index (χ1v) is 9.51. The molecule has 0 saturated carbocycles. The van der Waals surface area contributed by atoms with Gasteiger partial charge in [-0.05, 0) is 45.0 Å². The molecule has 6 nitrogen and oxygen atoms in total. The second kappa shape index (κ2) is 12.2. The van der Waals surface area contributed by atoms with E-state index in [9.17, 15) is 0 Å². The monoisotopic (exact) mass is 416 g/mol. The fourth-order valence-corrected chi connectivity index (χ4v) is 2.98. The Morgan fingerprint density at radius 1 is 1.19 bits per heavy atom. The lowest BCUT2D eigenvalue weighted by Gasteiger charge is -2.36. The molecule has 1 aromatic carbocycles. The molecule has 0 spiro atoms. The molecule has 1 aromatic heterocycles. The highest BCUT2D eigenvalue weighted by atomic mass is 35.5. The first kappa shape index (κ1) is 23.7. The second-order valence-electron chi connectivity index (χ2n) is 6.72. The Morgan fingerprint density at radius 3 is 2.41 bits per heavy atom. The van der Waals surface area contributed by atoms with E-state index in [-0.39, 0.29) is 18.5 Å². The molecule has 2 aromatic rings. The number of nitrogens with zero attached hydrogens (tertiary/aromatic N) is 4. The Bertz CT molecular complexity index is 656. The Hall–Kier alpha value is -1.34. The van der Waals surface area contributed by atoms with Gasteiger partial charge in [0.05, 0.1) is 0 Å². The van der Waals surface area contributed by atoms with Crippen molar-refractivity contribution in [2.75, 3.05) is 37.6 Å². The highest BCUT2D eigenvalue weighted by Crippen LogP contribution is 2.20. The number of hydrogen-bond acceptors (Lipinski definition) is 6. The molecule has 0 amide bonds. The number of anilines is 1. The Morgan fingerprint density at radius 2 is 1.85 bits per heavy atom. The van der Waals surface area contributed by atoms with Crippen molar-refractivity contribution in [2.24, 2.45) is 0 Å². The van der Waals surface area contributed by atoms with Gasteiger partial charge < -0.3 is 14.4 Å². The number of aryl methyl sites for hydroxylation is 2. The van der Waals surface area contributed by atoms with Gasteiger partial charge in [-0.15, -0.1) is 22.6 Å². The normalized spacial score (nSPS) is 14.5. The van der Waals surface area contributed by atoms with Gasteiger partial charge in [0.25, 0.3) is 0 Å². The van der Waals surface area contributed by atoms with E-state index < -0.39 is 0 Å². The molecule has 1 aliphatic heterocycles. The second-order valence-corrected chi connectivity index (χ2v) is 7.16. The molecule has 152 valence electrons. The van der Waals surface area contributed by atoms with Crippen LogP contribution in [0, 0.1) is 6.92 Å². The maximum Gasteiger partial charge on any atom is 0.216 e. The fraction of sp³-hybridized carbons (Fsp3) is 0.579. The first-order chi connectivity index (χ1) is 12.4. The molecular weight excluding hydrogens is 387 g/mol. The Labute approximate surface area is 172 Å². The van der Waals surface area contributed by atoms with Crippen LogP contribution in [0.25, 0.3) is 0 Å². The van der Waals surface area contributed by atoms with E-state index in [2.05, 4.69) is 26.1 Å². The molecule has 1 aliphatic rings. The molecule has 0 bridgehead atoms. The zero-order valence-electron chi connectivity index (χ0n) is 16.3. The SMILES string of the molecule is CC(C)O.Cc1nnc(CCCN2CCN(c3cccc(Cl)c3)CC2)o1.Cl. The van der Waals surface area contributed by atoms with Crippen LogP contribution in [0.4, 0.5) is 5.69 Å². The maximum absolute atomic E-state index is 8.06. The first-order valence-electron chi connectivity index (χ1n) is 9.14. The van der Waals surface area contributed by atoms with E-state index in [4.69, 9.17) is 21.1 Å². The molecule has 1 saturated heterocycles. The van der Waals surface area contributed by atoms with E-state index >= 15 is 0 Å². The lowest BCUT2D eigenvalue weighted by atomic mass is 10.2.